The number of amides is 1. The zero-order chi connectivity index (χ0) is 11.4. The van der Waals surface area contributed by atoms with Crippen LogP contribution >= 0.6 is 24.2 Å². The van der Waals surface area contributed by atoms with Gasteiger partial charge in [-0.2, -0.15) is 0 Å². The molecule has 0 fully saturated rings. The van der Waals surface area contributed by atoms with Crippen LogP contribution in [-0.4, -0.2) is 21.9 Å². The van der Waals surface area contributed by atoms with Crippen molar-refractivity contribution in [1.82, 2.24) is 10.2 Å². The molecule has 8 heteroatoms. The lowest BCUT2D eigenvalue weighted by molar-refractivity contribution is -0.115. The summed E-state index contributed by atoms with van der Waals surface area (Å²) in [6.07, 6.45) is 0. The monoisotopic (exact) mass is 266 g/mol. The summed E-state index contributed by atoms with van der Waals surface area (Å²) in [6.45, 7) is 3.93. The highest BCUT2D eigenvalue weighted by Gasteiger charge is 2.17. The minimum atomic E-state index is -0.423. The Morgan fingerprint density at radius 3 is 2.62 bits per heavy atom. The van der Waals surface area contributed by atoms with Crippen molar-refractivity contribution in [2.75, 3.05) is 5.75 Å². The van der Waals surface area contributed by atoms with Gasteiger partial charge in [-0.1, -0.05) is 25.6 Å². The average molecular weight is 267 g/mol. The van der Waals surface area contributed by atoms with Crippen molar-refractivity contribution in [3.63, 3.8) is 0 Å². The Hall–Kier alpha value is -0.790. The molecule has 92 valence electrons. The van der Waals surface area contributed by atoms with Gasteiger partial charge < -0.3 is 15.9 Å². The van der Waals surface area contributed by atoms with E-state index in [4.69, 9.17) is 15.9 Å². The van der Waals surface area contributed by atoms with Crippen LogP contribution in [0.25, 0.3) is 0 Å². The van der Waals surface area contributed by atoms with Gasteiger partial charge >= 0.3 is 0 Å². The summed E-state index contributed by atoms with van der Waals surface area (Å²) in [5.41, 5.74) is 10.8. The van der Waals surface area contributed by atoms with Gasteiger partial charge in [0.2, 0.25) is 11.8 Å². The van der Waals surface area contributed by atoms with E-state index in [0.29, 0.717) is 11.1 Å². The van der Waals surface area contributed by atoms with E-state index < -0.39 is 5.91 Å². The second kappa shape index (κ2) is 6.72. The normalized spacial score (nSPS) is 12.2. The molecule has 0 bridgehead atoms. The van der Waals surface area contributed by atoms with Crippen LogP contribution in [0.1, 0.15) is 25.8 Å². The fraction of sp³-hybridized carbons (Fsp3) is 0.625. The number of hydrogen-bond donors (Lipinski definition) is 2. The molecule has 1 atom stereocenters. The highest BCUT2D eigenvalue weighted by Crippen LogP contribution is 2.21. The summed E-state index contributed by atoms with van der Waals surface area (Å²) in [7, 11) is 0. The highest BCUT2D eigenvalue weighted by molar-refractivity contribution is 7.99. The van der Waals surface area contributed by atoms with E-state index in [1.54, 1.807) is 0 Å². The third kappa shape index (κ3) is 4.38. The Morgan fingerprint density at radius 1 is 1.50 bits per heavy atom. The van der Waals surface area contributed by atoms with Gasteiger partial charge in [0.05, 0.1) is 11.8 Å². The molecule has 16 heavy (non-hydrogen) atoms. The van der Waals surface area contributed by atoms with Crippen LogP contribution in [0.15, 0.2) is 9.64 Å². The van der Waals surface area contributed by atoms with Crippen molar-refractivity contribution >= 4 is 30.1 Å². The molecule has 0 aliphatic rings. The first-order valence-corrected chi connectivity index (χ1v) is 5.49. The number of rotatable bonds is 5. The Morgan fingerprint density at radius 2 is 2.12 bits per heavy atom. The molecule has 4 N–H and O–H groups in total. The maximum absolute atomic E-state index is 10.5. The van der Waals surface area contributed by atoms with Gasteiger partial charge in [0.15, 0.2) is 0 Å². The number of aromatic nitrogens is 2. The van der Waals surface area contributed by atoms with Crippen molar-refractivity contribution in [2.24, 2.45) is 17.4 Å². The first kappa shape index (κ1) is 15.2. The molecule has 0 aliphatic carbocycles. The molecule has 0 saturated carbocycles. The minimum Gasteiger partial charge on any atom is -0.414 e. The lowest BCUT2D eigenvalue weighted by atomic mass is 10.1. The molecule has 0 spiro atoms. The van der Waals surface area contributed by atoms with Crippen molar-refractivity contribution < 1.29 is 9.21 Å². The third-order valence-electron chi connectivity index (χ3n) is 1.76. The van der Waals surface area contributed by atoms with Gasteiger partial charge in [-0.25, -0.2) is 0 Å². The van der Waals surface area contributed by atoms with Crippen LogP contribution in [0, 0.1) is 5.92 Å². The molecule has 0 aliphatic heterocycles. The number of carbonyl (C=O) groups excluding carboxylic acids is 1. The van der Waals surface area contributed by atoms with Gasteiger partial charge in [0.25, 0.3) is 5.22 Å². The van der Waals surface area contributed by atoms with Gasteiger partial charge in [-0.05, 0) is 5.92 Å². The first-order chi connectivity index (χ1) is 7.00. The number of primary amides is 1. The van der Waals surface area contributed by atoms with E-state index in [9.17, 15) is 4.79 Å². The van der Waals surface area contributed by atoms with Crippen molar-refractivity contribution in [3.05, 3.63) is 5.89 Å². The summed E-state index contributed by atoms with van der Waals surface area (Å²) in [4.78, 5) is 10.5. The second-order valence-electron chi connectivity index (χ2n) is 3.43. The summed E-state index contributed by atoms with van der Waals surface area (Å²) < 4.78 is 5.27. The number of carbonyl (C=O) groups is 1. The zero-order valence-corrected chi connectivity index (χ0v) is 10.7. The Labute approximate surface area is 104 Å². The van der Waals surface area contributed by atoms with Crippen molar-refractivity contribution in [1.29, 1.82) is 0 Å². The minimum absolute atomic E-state index is 0. The van der Waals surface area contributed by atoms with Gasteiger partial charge in [0, 0.05) is 0 Å². The van der Waals surface area contributed by atoms with E-state index in [0.717, 1.165) is 11.8 Å². The lowest BCUT2D eigenvalue weighted by Gasteiger charge is -2.09. The van der Waals surface area contributed by atoms with E-state index in [-0.39, 0.29) is 30.1 Å². The molecule has 1 aromatic rings. The molecule has 1 aromatic heterocycles. The number of nitrogens with two attached hydrogens (primary N) is 2. The Balaban J connectivity index is 0.00000225. The van der Waals surface area contributed by atoms with Crippen LogP contribution in [0.5, 0.6) is 0 Å². The predicted molar refractivity (Wildman–Crippen MR) is 63.2 cm³/mol. The quantitative estimate of drug-likeness (QED) is 0.761. The van der Waals surface area contributed by atoms with Crippen LogP contribution in [0.3, 0.4) is 0 Å². The van der Waals surface area contributed by atoms with Gasteiger partial charge in [-0.15, -0.1) is 22.6 Å². The fourth-order valence-electron chi connectivity index (χ4n) is 0.831. The summed E-state index contributed by atoms with van der Waals surface area (Å²) in [5, 5.41) is 7.87. The number of hydrogen-bond acceptors (Lipinski definition) is 6. The second-order valence-corrected chi connectivity index (χ2v) is 4.36. The molecule has 0 radical (unpaired) electrons. The predicted octanol–water partition coefficient (Wildman–Crippen LogP) is 0.725. The van der Waals surface area contributed by atoms with Crippen LogP contribution in [0.2, 0.25) is 0 Å². The topological polar surface area (TPSA) is 108 Å². The van der Waals surface area contributed by atoms with Crippen LogP contribution < -0.4 is 11.5 Å². The molecule has 1 rings (SSSR count). The molecular weight excluding hydrogens is 252 g/mol. The number of thioether (sulfide) groups is 1. The largest absolute Gasteiger partial charge is 0.414 e. The Kier molecular flexibility index (Phi) is 6.39. The molecule has 0 unspecified atom stereocenters. The van der Waals surface area contributed by atoms with E-state index >= 15 is 0 Å². The van der Waals surface area contributed by atoms with E-state index in [1.165, 1.54) is 0 Å². The average Bonchev–Trinajstić information content (AvgIpc) is 2.61. The number of halogens is 1. The summed E-state index contributed by atoms with van der Waals surface area (Å²) in [6, 6.07) is -0.277. The van der Waals surface area contributed by atoms with Gasteiger partial charge in [-0.3, -0.25) is 4.79 Å². The molecule has 0 saturated heterocycles. The summed E-state index contributed by atoms with van der Waals surface area (Å²) >= 11 is 1.11. The molecule has 0 aromatic carbocycles. The fourth-order valence-corrected chi connectivity index (χ4v) is 1.34. The summed E-state index contributed by atoms with van der Waals surface area (Å²) in [5.74, 6) is 0.308. The first-order valence-electron chi connectivity index (χ1n) is 4.50. The molecule has 6 nitrogen and oxygen atoms in total. The van der Waals surface area contributed by atoms with Crippen LogP contribution in [-0.2, 0) is 4.79 Å². The Bertz CT molecular complexity index is 345. The maximum atomic E-state index is 10.5. The van der Waals surface area contributed by atoms with Crippen molar-refractivity contribution in [2.45, 2.75) is 25.1 Å². The molecular formula is C8H15ClN4O2S. The zero-order valence-electron chi connectivity index (χ0n) is 9.04. The van der Waals surface area contributed by atoms with E-state index in [2.05, 4.69) is 10.2 Å². The lowest BCUT2D eigenvalue weighted by Crippen LogP contribution is -2.16. The van der Waals surface area contributed by atoms with E-state index in [1.807, 2.05) is 13.8 Å². The molecule has 1 heterocycles. The maximum Gasteiger partial charge on any atom is 0.277 e. The standard InChI is InChI=1S/C8H14N4O2S.ClH/c1-4(2)6(10)7-11-12-8(14-7)15-3-5(9)13;/h4,6H,3,10H2,1-2H3,(H2,9,13);1H/t6-;/m0./s1. The van der Waals surface area contributed by atoms with Crippen molar-refractivity contribution in [3.8, 4) is 0 Å². The smallest absolute Gasteiger partial charge is 0.277 e. The number of nitrogens with zero attached hydrogens (tertiary/aromatic N) is 2. The SMILES string of the molecule is CC(C)[C@H](N)c1nnc(SCC(N)=O)o1.Cl. The molecule has 1 amide bonds. The van der Waals surface area contributed by atoms with Crippen LogP contribution in [0.4, 0.5) is 0 Å². The highest BCUT2D eigenvalue weighted by atomic mass is 35.5. The van der Waals surface area contributed by atoms with Gasteiger partial charge in [0.1, 0.15) is 0 Å². The third-order valence-corrected chi connectivity index (χ3v) is 2.60.